The molecule has 11 rings (SSSR count). The molecule has 2 N–H and O–H groups in total. The summed E-state index contributed by atoms with van der Waals surface area (Å²) in [5.74, 6) is 7.20. The summed E-state index contributed by atoms with van der Waals surface area (Å²) >= 11 is 0. The van der Waals surface area contributed by atoms with Crippen molar-refractivity contribution in [2.24, 2.45) is 23.7 Å². The number of hydrogen-bond acceptors (Lipinski definition) is 17. The summed E-state index contributed by atoms with van der Waals surface area (Å²) in [4.78, 5) is 43.3. The average Bonchev–Trinajstić information content (AvgIpc) is 1.69. The van der Waals surface area contributed by atoms with Gasteiger partial charge in [-0.3, -0.25) is 14.8 Å². The van der Waals surface area contributed by atoms with Gasteiger partial charge in [0, 0.05) is 124 Å². The minimum Gasteiger partial charge on any atom is -0.494 e. The lowest BCUT2D eigenvalue weighted by atomic mass is 9.78. The van der Waals surface area contributed by atoms with Crippen molar-refractivity contribution >= 4 is 73.0 Å². The number of imidazole rings is 1. The molecule has 7 heterocycles. The maximum Gasteiger partial charge on any atom is 0.168 e. The number of carbonyl (C=O) groups excluding carboxylic acids is 1. The first-order valence-corrected chi connectivity index (χ1v) is 51.8. The minimum atomic E-state index is -1.28. The predicted octanol–water partition coefficient (Wildman–Crippen LogP) is 17.9. The first-order valence-electron chi connectivity index (χ1n) is 36.9. The number of nitrogens with zero attached hydrogens (tertiary/aromatic N) is 11. The van der Waals surface area contributed by atoms with Gasteiger partial charge in [-0.05, 0) is 119 Å². The Labute approximate surface area is 607 Å². The van der Waals surface area contributed by atoms with Crippen molar-refractivity contribution in [3.8, 4) is 33.8 Å². The molecule has 554 valence electrons. The van der Waals surface area contributed by atoms with Crippen molar-refractivity contribution < 1.29 is 38.3 Å². The van der Waals surface area contributed by atoms with E-state index in [0.717, 1.165) is 159 Å². The van der Waals surface area contributed by atoms with E-state index in [0.29, 0.717) is 89.7 Å². The summed E-state index contributed by atoms with van der Waals surface area (Å²) < 4.78 is 42.1. The van der Waals surface area contributed by atoms with Crippen LogP contribution in [-0.4, -0.2) is 166 Å². The molecule has 0 radical (unpaired) electrons. The van der Waals surface area contributed by atoms with Crippen LogP contribution in [0.5, 0.6) is 0 Å². The summed E-state index contributed by atoms with van der Waals surface area (Å²) in [7, 11) is -5.13. The van der Waals surface area contributed by atoms with Crippen LogP contribution in [0.15, 0.2) is 74.6 Å². The third-order valence-corrected chi connectivity index (χ3v) is 26.5. The van der Waals surface area contributed by atoms with Gasteiger partial charge in [0.2, 0.25) is 0 Å². The fourth-order valence-electron chi connectivity index (χ4n) is 14.3. The molecule has 4 aliphatic rings. The molecule has 101 heavy (non-hydrogen) atoms. The number of nitrogens with one attached hydrogen (secondary N) is 1. The number of hydrogen-bond donors (Lipinski definition) is 2. The van der Waals surface area contributed by atoms with Crippen molar-refractivity contribution in [1.82, 2.24) is 49.1 Å². The Morgan fingerprint density at radius 1 is 0.554 bits per heavy atom. The highest BCUT2D eigenvalue weighted by Crippen LogP contribution is 2.52. The van der Waals surface area contributed by atoms with E-state index < -0.39 is 32.3 Å². The van der Waals surface area contributed by atoms with E-state index in [1.165, 1.54) is 38.5 Å². The number of fused-ring (bicyclic) bond motifs is 6. The van der Waals surface area contributed by atoms with Crippen molar-refractivity contribution in [1.29, 1.82) is 0 Å². The van der Waals surface area contributed by atoms with E-state index in [1.54, 1.807) is 25.4 Å². The maximum absolute atomic E-state index is 11.4. The number of aliphatic hydroxyl groups excluding tert-OH is 1. The van der Waals surface area contributed by atoms with E-state index in [2.05, 4.69) is 123 Å². The number of aldehydes is 1. The molecule has 0 aromatic carbocycles. The van der Waals surface area contributed by atoms with Gasteiger partial charge in [0.15, 0.2) is 23.4 Å². The van der Waals surface area contributed by atoms with Gasteiger partial charge in [-0.15, -0.1) is 0 Å². The summed E-state index contributed by atoms with van der Waals surface area (Å²) in [6.45, 7) is 48.7. The number of aromatic amines is 1. The fourth-order valence-corrected chi connectivity index (χ4v) is 17.4. The fraction of sp³-hybridized carbons (Fsp3) is 0.610. The Hall–Kier alpha value is -6.23. The van der Waals surface area contributed by atoms with Gasteiger partial charge >= 0.3 is 0 Å². The van der Waals surface area contributed by atoms with Gasteiger partial charge in [0.25, 0.3) is 0 Å². The third-order valence-electron chi connectivity index (χ3n) is 19.6. The molecule has 4 fully saturated rings. The zero-order chi connectivity index (χ0) is 71.9. The lowest BCUT2D eigenvalue weighted by Gasteiger charge is -2.33. The number of aliphatic hydroxyl groups is 1. The second kappa shape index (κ2) is 36.5. The van der Waals surface area contributed by atoms with Crippen LogP contribution in [0.4, 0.5) is 11.6 Å². The molecule has 0 spiro atoms. The standard InChI is InChI=1S/C38H57N7O3Si2.C36H55N5O4Si2.C2H6O.CH4/c1-9-48-27(2)34-35(31-21-28-10-11-29(20-28)22-31)43-37-32(30-12-13-33(41-23-30)36-39-14-15-40-36)24-42-45(37)38(34)44(25-46-16-18-49(3,4)5)26-47-17-19-50(6,7)8;1-9-45-26(2)33-34(30-19-27-10-11-28(18-27)20-30)39-35-32(29-12-13-31(23-42)37-21-29)22-38-41(35)36(33)40(24-43-14-16-46(3,4)5)25-44-15-17-47(6,7)8;1-2-3;/h12-15,23-24,28-29,31H,2,9-11,16-22,25-26H2,1,3-8H3,(H,39,40);12-13,21-23,27-28,30H,2,9-11,14-20,24-25H2,1,3-8H3;3H,2H2,1H3;1H4/t28-,29+,31?;27-,28+,30?;;. The van der Waals surface area contributed by atoms with Crippen molar-refractivity contribution in [2.75, 3.05) is 83.0 Å². The second-order valence-corrected chi connectivity index (χ2v) is 55.4. The number of anilines is 2. The molecule has 7 aromatic heterocycles. The van der Waals surface area contributed by atoms with E-state index in [4.69, 9.17) is 58.7 Å². The van der Waals surface area contributed by atoms with E-state index in [9.17, 15) is 4.79 Å². The Kier molecular flexibility index (Phi) is 29.0. The summed E-state index contributed by atoms with van der Waals surface area (Å²) in [5.41, 5.74) is 10.2. The molecule has 7 aromatic rings. The predicted molar refractivity (Wildman–Crippen MR) is 423 cm³/mol. The van der Waals surface area contributed by atoms with Gasteiger partial charge in [-0.1, -0.05) is 137 Å². The lowest BCUT2D eigenvalue weighted by Crippen LogP contribution is -2.34. The molecule has 4 bridgehead atoms. The molecule has 0 saturated heterocycles. The number of H-pyrrole nitrogens is 1. The molecule has 20 nitrogen and oxygen atoms in total. The molecule has 4 aliphatic carbocycles. The van der Waals surface area contributed by atoms with Crippen LogP contribution < -0.4 is 9.80 Å². The van der Waals surface area contributed by atoms with Crippen LogP contribution >= 0.6 is 0 Å². The third kappa shape index (κ3) is 22.2. The average molecular weight is 1460 g/mol. The van der Waals surface area contributed by atoms with E-state index in [-0.39, 0.29) is 20.0 Å². The molecule has 2 unspecified atom stereocenters. The molecule has 0 aliphatic heterocycles. The molecule has 24 heteroatoms. The zero-order valence-electron chi connectivity index (χ0n) is 63.1. The summed E-state index contributed by atoms with van der Waals surface area (Å²) in [6, 6.07) is 12.1. The van der Waals surface area contributed by atoms with Crippen molar-refractivity contribution in [2.45, 2.75) is 207 Å². The highest BCUT2D eigenvalue weighted by molar-refractivity contribution is 6.77. The van der Waals surface area contributed by atoms with E-state index in [1.807, 2.05) is 59.8 Å². The summed E-state index contributed by atoms with van der Waals surface area (Å²) in [5, 5.41) is 17.5. The maximum atomic E-state index is 11.4. The number of carbonyl (C=O) groups is 1. The largest absolute Gasteiger partial charge is 0.494 e. The van der Waals surface area contributed by atoms with E-state index >= 15 is 0 Å². The van der Waals surface area contributed by atoms with Gasteiger partial charge in [0.05, 0.1) is 48.1 Å². The topological polar surface area (TPSA) is 214 Å². The Morgan fingerprint density at radius 3 is 1.24 bits per heavy atom. The summed E-state index contributed by atoms with van der Waals surface area (Å²) in [6.07, 6.45) is 24.1. The monoisotopic (exact) mass is 1450 g/mol. The highest BCUT2D eigenvalue weighted by Gasteiger charge is 2.41. The van der Waals surface area contributed by atoms with Crippen LogP contribution in [0, 0.1) is 23.7 Å². The van der Waals surface area contributed by atoms with Gasteiger partial charge in [0.1, 0.15) is 61.5 Å². The Bertz CT molecular complexity index is 3700. The molecular formula is C77H122N12O8Si4. The van der Waals surface area contributed by atoms with Crippen LogP contribution in [0.25, 0.3) is 56.6 Å². The number of pyridine rings is 2. The van der Waals surface area contributed by atoms with Gasteiger partial charge < -0.3 is 48.3 Å². The zero-order valence-corrected chi connectivity index (χ0v) is 67.1. The Balaban J connectivity index is 0.000000245. The smallest absolute Gasteiger partial charge is 0.168 e. The normalized spacial score (nSPS) is 18.9. The van der Waals surface area contributed by atoms with Gasteiger partial charge in [-0.2, -0.15) is 19.2 Å². The highest BCUT2D eigenvalue weighted by atomic mass is 28.3. The number of ether oxygens (including phenoxy) is 6. The second-order valence-electron chi connectivity index (χ2n) is 32.9. The van der Waals surface area contributed by atoms with Gasteiger partial charge in [-0.25, -0.2) is 15.0 Å². The molecule has 6 atom stereocenters. The number of aromatic nitrogens is 10. The quantitative estimate of drug-likeness (QED) is 0.0126. The number of rotatable bonds is 34. The molecule has 4 saturated carbocycles. The van der Waals surface area contributed by atoms with Crippen LogP contribution in [0.1, 0.15) is 137 Å². The van der Waals surface area contributed by atoms with Crippen LogP contribution in [0.2, 0.25) is 103 Å². The minimum absolute atomic E-state index is 0. The molecule has 0 amide bonds. The van der Waals surface area contributed by atoms with Crippen LogP contribution in [0.3, 0.4) is 0 Å². The van der Waals surface area contributed by atoms with Crippen molar-refractivity contribution in [3.63, 3.8) is 0 Å². The van der Waals surface area contributed by atoms with Crippen molar-refractivity contribution in [3.05, 3.63) is 103 Å². The molecular weight excluding hydrogens is 1330 g/mol. The SMILES string of the molecule is C.C=C(OCC)c1c(C2C[C@H]3CC[C@@H](C2)C3)nc2c(-c3ccc(-c4ncc[nH]4)nc3)cnn2c1N(COCC[Si](C)(C)C)COCC[Si](C)(C)C.C=C(OCC)c1c(C2C[C@H]3CC[C@@H](C2)C3)nc2c(-c3ccc(C=O)nc3)cnn2c1N(COCC[Si](C)(C)C)COCC[Si](C)(C)C.CCO. The first-order chi connectivity index (χ1) is 47.7. The Morgan fingerprint density at radius 2 is 0.931 bits per heavy atom. The lowest BCUT2D eigenvalue weighted by molar-refractivity contribution is 0.0939. The van der Waals surface area contributed by atoms with Crippen LogP contribution in [-0.2, 0) is 28.4 Å². The first kappa shape index (κ1) is 80.5.